The summed E-state index contributed by atoms with van der Waals surface area (Å²) in [6, 6.07) is 11.0. The molecular formula is C19H20ClFN3O3+. The van der Waals surface area contributed by atoms with Gasteiger partial charge in [-0.2, -0.15) is 4.39 Å². The Hall–Kier alpha value is -2.51. The molecule has 6 nitrogen and oxygen atoms in total. The molecule has 2 aromatic carbocycles. The lowest BCUT2D eigenvalue weighted by Gasteiger charge is -2.29. The van der Waals surface area contributed by atoms with Crippen LogP contribution in [0.1, 0.15) is 28.8 Å². The van der Waals surface area contributed by atoms with E-state index < -0.39 is 22.3 Å². The van der Waals surface area contributed by atoms with Gasteiger partial charge in [0.05, 0.1) is 18.0 Å². The van der Waals surface area contributed by atoms with Gasteiger partial charge >= 0.3 is 5.69 Å². The van der Waals surface area contributed by atoms with Crippen LogP contribution < -0.4 is 10.2 Å². The van der Waals surface area contributed by atoms with Crippen molar-refractivity contribution in [1.82, 2.24) is 5.32 Å². The van der Waals surface area contributed by atoms with Gasteiger partial charge in [0.25, 0.3) is 5.91 Å². The van der Waals surface area contributed by atoms with Crippen LogP contribution in [-0.2, 0) is 6.54 Å². The number of amides is 1. The number of halogens is 2. The Morgan fingerprint density at radius 1 is 1.22 bits per heavy atom. The number of piperidine rings is 1. The number of quaternary nitrogens is 1. The van der Waals surface area contributed by atoms with Gasteiger partial charge < -0.3 is 10.2 Å². The summed E-state index contributed by atoms with van der Waals surface area (Å²) in [6.07, 6.45) is 1.63. The van der Waals surface area contributed by atoms with E-state index in [0.717, 1.165) is 49.6 Å². The largest absolute Gasteiger partial charge is 0.349 e. The van der Waals surface area contributed by atoms with Crippen molar-refractivity contribution in [3.05, 3.63) is 74.5 Å². The van der Waals surface area contributed by atoms with Crippen LogP contribution in [0.2, 0.25) is 5.02 Å². The quantitative estimate of drug-likeness (QED) is 0.605. The molecule has 1 aliphatic rings. The highest BCUT2D eigenvalue weighted by molar-refractivity contribution is 6.30. The molecule has 0 aliphatic carbocycles. The summed E-state index contributed by atoms with van der Waals surface area (Å²) in [5, 5.41) is 14.4. The monoisotopic (exact) mass is 392 g/mol. The number of benzene rings is 2. The first-order valence-corrected chi connectivity index (χ1v) is 9.13. The van der Waals surface area contributed by atoms with Crippen molar-refractivity contribution in [3.63, 3.8) is 0 Å². The molecule has 3 rings (SSSR count). The first-order valence-electron chi connectivity index (χ1n) is 8.75. The van der Waals surface area contributed by atoms with E-state index in [-0.39, 0.29) is 11.6 Å². The lowest BCUT2D eigenvalue weighted by Crippen LogP contribution is -3.12. The third-order valence-corrected chi connectivity index (χ3v) is 5.05. The Balaban J connectivity index is 1.53. The summed E-state index contributed by atoms with van der Waals surface area (Å²) >= 11 is 5.90. The van der Waals surface area contributed by atoms with E-state index in [1.54, 1.807) is 0 Å². The van der Waals surface area contributed by atoms with Gasteiger partial charge in [-0.1, -0.05) is 23.7 Å². The summed E-state index contributed by atoms with van der Waals surface area (Å²) < 4.78 is 13.4. The Labute approximate surface area is 161 Å². The molecule has 1 saturated heterocycles. The van der Waals surface area contributed by atoms with E-state index in [4.69, 9.17) is 11.6 Å². The molecule has 0 unspecified atom stereocenters. The highest BCUT2D eigenvalue weighted by Crippen LogP contribution is 2.18. The predicted octanol–water partition coefficient (Wildman–Crippen LogP) is 2.36. The normalized spacial score (nSPS) is 19.5. The minimum Gasteiger partial charge on any atom is -0.349 e. The van der Waals surface area contributed by atoms with E-state index in [9.17, 15) is 19.3 Å². The Kier molecular flexibility index (Phi) is 6.03. The number of hydrogen-bond donors (Lipinski definition) is 2. The number of nitro benzene ring substituents is 1. The van der Waals surface area contributed by atoms with Crippen molar-refractivity contribution in [2.45, 2.75) is 25.4 Å². The van der Waals surface area contributed by atoms with Crippen LogP contribution in [0, 0.1) is 15.9 Å². The first kappa shape index (κ1) is 19.3. The lowest BCUT2D eigenvalue weighted by molar-refractivity contribution is -0.918. The zero-order valence-electron chi connectivity index (χ0n) is 14.6. The van der Waals surface area contributed by atoms with Crippen LogP contribution in [0.4, 0.5) is 10.1 Å². The maximum Gasteiger partial charge on any atom is 0.305 e. The van der Waals surface area contributed by atoms with E-state index >= 15 is 0 Å². The van der Waals surface area contributed by atoms with Gasteiger partial charge in [-0.3, -0.25) is 14.9 Å². The Morgan fingerprint density at radius 3 is 2.52 bits per heavy atom. The van der Waals surface area contributed by atoms with Crippen LogP contribution in [-0.4, -0.2) is 30.0 Å². The van der Waals surface area contributed by atoms with E-state index in [0.29, 0.717) is 0 Å². The van der Waals surface area contributed by atoms with Crippen LogP contribution in [0.5, 0.6) is 0 Å². The van der Waals surface area contributed by atoms with E-state index in [1.807, 2.05) is 24.3 Å². The number of carbonyl (C=O) groups is 1. The number of rotatable bonds is 5. The molecule has 2 N–H and O–H groups in total. The minimum atomic E-state index is -0.948. The maximum absolute atomic E-state index is 13.4. The van der Waals surface area contributed by atoms with Crippen LogP contribution in [0.3, 0.4) is 0 Å². The van der Waals surface area contributed by atoms with Crippen LogP contribution in [0.15, 0.2) is 42.5 Å². The van der Waals surface area contributed by atoms with Crippen LogP contribution in [0.25, 0.3) is 0 Å². The standard InChI is InChI=1S/C19H19ClFN3O3/c20-15-4-1-13(2-5-15)12-23-9-7-16(8-10-23)22-19(25)14-3-6-17(21)18(11-14)24(26)27/h1-6,11,16H,7-10,12H2,(H,22,25)/p+1. The smallest absolute Gasteiger partial charge is 0.305 e. The maximum atomic E-state index is 13.4. The average Bonchev–Trinajstić information content (AvgIpc) is 2.65. The van der Waals surface area contributed by atoms with Gasteiger partial charge in [0.2, 0.25) is 5.82 Å². The van der Waals surface area contributed by atoms with Crippen molar-refractivity contribution < 1.29 is 19.0 Å². The second-order valence-corrected chi connectivity index (χ2v) is 7.16. The molecule has 0 bridgehead atoms. The number of nitrogens with zero attached hydrogens (tertiary/aromatic N) is 1. The highest BCUT2D eigenvalue weighted by Gasteiger charge is 2.25. The molecule has 1 fully saturated rings. The molecule has 0 atom stereocenters. The SMILES string of the molecule is O=C(NC1CC[NH+](Cc2ccc(Cl)cc2)CC1)c1ccc(F)c([N+](=O)[O-])c1. The molecule has 1 aliphatic heterocycles. The third kappa shape index (κ3) is 5.02. The topological polar surface area (TPSA) is 76.7 Å². The van der Waals surface area contributed by atoms with Crippen molar-refractivity contribution >= 4 is 23.2 Å². The molecule has 8 heteroatoms. The molecule has 0 saturated carbocycles. The molecule has 1 heterocycles. The van der Waals surface area contributed by atoms with Gasteiger partial charge in [-0.15, -0.1) is 0 Å². The molecule has 1 amide bonds. The van der Waals surface area contributed by atoms with E-state index in [1.165, 1.54) is 16.5 Å². The zero-order chi connectivity index (χ0) is 19.4. The summed E-state index contributed by atoms with van der Waals surface area (Å²) in [4.78, 5) is 23.7. The zero-order valence-corrected chi connectivity index (χ0v) is 15.3. The van der Waals surface area contributed by atoms with Gasteiger partial charge in [-0.25, -0.2) is 0 Å². The van der Waals surface area contributed by atoms with E-state index in [2.05, 4.69) is 5.32 Å². The summed E-state index contributed by atoms with van der Waals surface area (Å²) in [6.45, 7) is 2.73. The molecule has 0 spiro atoms. The molecular weight excluding hydrogens is 373 g/mol. The molecule has 2 aromatic rings. The predicted molar refractivity (Wildman–Crippen MR) is 99.4 cm³/mol. The second-order valence-electron chi connectivity index (χ2n) is 6.72. The molecule has 27 heavy (non-hydrogen) atoms. The Bertz CT molecular complexity index is 837. The third-order valence-electron chi connectivity index (χ3n) is 4.80. The number of carbonyl (C=O) groups excluding carboxylic acids is 1. The number of nitro groups is 1. The average molecular weight is 393 g/mol. The number of hydrogen-bond acceptors (Lipinski definition) is 3. The van der Waals surface area contributed by atoms with Crippen molar-refractivity contribution in [2.24, 2.45) is 0 Å². The summed E-state index contributed by atoms with van der Waals surface area (Å²) in [5.41, 5.74) is 0.624. The summed E-state index contributed by atoms with van der Waals surface area (Å²) in [5.74, 6) is -1.36. The molecule has 0 radical (unpaired) electrons. The van der Waals surface area contributed by atoms with Gasteiger partial charge in [0, 0.05) is 41.1 Å². The fraction of sp³-hybridized carbons (Fsp3) is 0.316. The fourth-order valence-corrected chi connectivity index (χ4v) is 3.43. The molecule has 0 aromatic heterocycles. The fourth-order valence-electron chi connectivity index (χ4n) is 3.30. The lowest BCUT2D eigenvalue weighted by atomic mass is 10.0. The van der Waals surface area contributed by atoms with Gasteiger partial charge in [0.1, 0.15) is 6.54 Å². The second kappa shape index (κ2) is 8.45. The Morgan fingerprint density at radius 2 is 1.89 bits per heavy atom. The van der Waals surface area contributed by atoms with Gasteiger partial charge in [-0.05, 0) is 24.3 Å². The molecule has 142 valence electrons. The van der Waals surface area contributed by atoms with Crippen molar-refractivity contribution in [1.29, 1.82) is 0 Å². The highest BCUT2D eigenvalue weighted by atomic mass is 35.5. The number of likely N-dealkylation sites (tertiary alicyclic amines) is 1. The van der Waals surface area contributed by atoms with Crippen molar-refractivity contribution in [3.8, 4) is 0 Å². The van der Waals surface area contributed by atoms with Crippen molar-refractivity contribution in [2.75, 3.05) is 13.1 Å². The number of nitrogens with one attached hydrogen (secondary N) is 2. The first-order chi connectivity index (χ1) is 12.9. The van der Waals surface area contributed by atoms with Gasteiger partial charge in [0.15, 0.2) is 0 Å². The summed E-state index contributed by atoms with van der Waals surface area (Å²) in [7, 11) is 0. The van der Waals surface area contributed by atoms with Crippen LogP contribution >= 0.6 is 11.6 Å². The minimum absolute atomic E-state index is 0.00979.